The van der Waals surface area contributed by atoms with Crippen molar-refractivity contribution in [3.63, 3.8) is 0 Å². The number of nitrogens with zero attached hydrogens (tertiary/aromatic N) is 2. The van der Waals surface area contributed by atoms with Gasteiger partial charge < -0.3 is 4.74 Å². The van der Waals surface area contributed by atoms with E-state index in [1.54, 1.807) is 6.07 Å². The van der Waals surface area contributed by atoms with Gasteiger partial charge in [-0.15, -0.1) is 5.10 Å². The minimum absolute atomic E-state index is 0.147. The van der Waals surface area contributed by atoms with Crippen LogP contribution in [0.3, 0.4) is 0 Å². The lowest BCUT2D eigenvalue weighted by molar-refractivity contribution is -0.141. The van der Waals surface area contributed by atoms with Gasteiger partial charge in [0, 0.05) is 11.6 Å². The Bertz CT molecular complexity index is 1100. The molecule has 1 heterocycles. The van der Waals surface area contributed by atoms with Crippen LogP contribution in [0.15, 0.2) is 59.5 Å². The van der Waals surface area contributed by atoms with Gasteiger partial charge in [0.25, 0.3) is 10.0 Å². The molecule has 3 rings (SSSR count). The zero-order chi connectivity index (χ0) is 20.5. The van der Waals surface area contributed by atoms with Gasteiger partial charge in [-0.25, -0.2) is 4.39 Å². The Labute approximate surface area is 157 Å². The molecule has 28 heavy (non-hydrogen) atoms. The Hall–Kier alpha value is -3.08. The lowest BCUT2D eigenvalue weighted by atomic mass is 10.1. The topological polar surface area (TPSA) is 73.2 Å². The SMILES string of the molecule is COc1ccc(-c2cc(C(F)(F)F)nn2NS(=O)(=O)c2ccccc2)c(F)c1. The standard InChI is InChI=1S/C17H13F4N3O3S/c1-27-11-7-8-13(14(18)9-11)15-10-16(17(19,20)21)22-24(15)23-28(25,26)12-5-3-2-4-6-12/h2-10,23H,1H3. The summed E-state index contributed by atoms with van der Waals surface area (Å²) in [6, 6.07) is 11.0. The van der Waals surface area contributed by atoms with Crippen LogP contribution in [0.1, 0.15) is 5.69 Å². The first kappa shape index (κ1) is 19.7. The first-order valence-corrected chi connectivity index (χ1v) is 9.19. The summed E-state index contributed by atoms with van der Waals surface area (Å²) in [5, 5.41) is 3.26. The van der Waals surface area contributed by atoms with E-state index in [2.05, 4.69) is 5.10 Å². The van der Waals surface area contributed by atoms with Gasteiger partial charge in [0.05, 0.1) is 17.7 Å². The lowest BCUT2D eigenvalue weighted by Gasteiger charge is -2.12. The van der Waals surface area contributed by atoms with Crippen LogP contribution in [0.4, 0.5) is 17.6 Å². The average Bonchev–Trinajstić information content (AvgIpc) is 3.05. The number of rotatable bonds is 5. The highest BCUT2D eigenvalue weighted by Gasteiger charge is 2.36. The van der Waals surface area contributed by atoms with E-state index in [1.165, 1.54) is 43.5 Å². The smallest absolute Gasteiger partial charge is 0.435 e. The zero-order valence-corrected chi connectivity index (χ0v) is 15.1. The second-order valence-corrected chi connectivity index (χ2v) is 7.24. The summed E-state index contributed by atoms with van der Waals surface area (Å²) in [5.41, 5.74) is -2.10. The predicted molar refractivity (Wildman–Crippen MR) is 92.2 cm³/mol. The third-order valence-electron chi connectivity index (χ3n) is 3.71. The molecule has 1 aromatic heterocycles. The van der Waals surface area contributed by atoms with E-state index in [0.29, 0.717) is 10.9 Å². The quantitative estimate of drug-likeness (QED) is 0.646. The summed E-state index contributed by atoms with van der Waals surface area (Å²) in [4.78, 5) is 2.12. The number of halogens is 4. The van der Waals surface area contributed by atoms with Gasteiger partial charge in [0.2, 0.25) is 0 Å². The minimum atomic E-state index is -4.86. The molecule has 0 bridgehead atoms. The van der Waals surface area contributed by atoms with Crippen molar-refractivity contribution in [2.45, 2.75) is 11.1 Å². The fourth-order valence-electron chi connectivity index (χ4n) is 2.38. The first-order valence-electron chi connectivity index (χ1n) is 7.71. The van der Waals surface area contributed by atoms with Gasteiger partial charge in [0.15, 0.2) is 5.69 Å². The van der Waals surface area contributed by atoms with Gasteiger partial charge in [-0.05, 0) is 30.3 Å². The summed E-state index contributed by atoms with van der Waals surface area (Å²) < 4.78 is 83.5. The van der Waals surface area contributed by atoms with Gasteiger partial charge in [-0.2, -0.15) is 31.2 Å². The predicted octanol–water partition coefficient (Wildman–Crippen LogP) is 3.65. The van der Waals surface area contributed by atoms with Crippen molar-refractivity contribution in [1.82, 2.24) is 9.89 Å². The summed E-state index contributed by atoms with van der Waals surface area (Å²) in [7, 11) is -2.97. The van der Waals surface area contributed by atoms with Gasteiger partial charge in [-0.3, -0.25) is 0 Å². The van der Waals surface area contributed by atoms with Crippen LogP contribution < -0.4 is 9.57 Å². The highest BCUT2D eigenvalue weighted by Crippen LogP contribution is 2.33. The highest BCUT2D eigenvalue weighted by molar-refractivity contribution is 7.92. The van der Waals surface area contributed by atoms with Gasteiger partial charge in [0.1, 0.15) is 11.6 Å². The molecular weight excluding hydrogens is 402 g/mol. The van der Waals surface area contributed by atoms with Crippen molar-refractivity contribution in [2.75, 3.05) is 11.9 Å². The number of methoxy groups -OCH3 is 1. The van der Waals surface area contributed by atoms with E-state index in [4.69, 9.17) is 4.74 Å². The zero-order valence-electron chi connectivity index (χ0n) is 14.2. The molecule has 3 aromatic rings. The number of benzene rings is 2. The number of ether oxygens (including phenoxy) is 1. The number of hydrogen-bond acceptors (Lipinski definition) is 4. The Morgan fingerprint density at radius 2 is 1.75 bits per heavy atom. The van der Waals surface area contributed by atoms with Crippen LogP contribution in [-0.4, -0.2) is 25.4 Å². The molecule has 6 nitrogen and oxygen atoms in total. The number of hydrogen-bond donors (Lipinski definition) is 1. The lowest BCUT2D eigenvalue weighted by Crippen LogP contribution is -2.25. The Kier molecular flexibility index (Phi) is 5.02. The van der Waals surface area contributed by atoms with Gasteiger partial charge >= 0.3 is 6.18 Å². The maximum Gasteiger partial charge on any atom is 0.435 e. The Balaban J connectivity index is 2.12. The van der Waals surface area contributed by atoms with Crippen molar-refractivity contribution >= 4 is 10.0 Å². The van der Waals surface area contributed by atoms with Crippen molar-refractivity contribution in [1.29, 1.82) is 0 Å². The normalized spacial score (nSPS) is 12.0. The van der Waals surface area contributed by atoms with Crippen LogP contribution in [0.25, 0.3) is 11.3 Å². The molecule has 0 aliphatic carbocycles. The molecule has 0 atom stereocenters. The van der Waals surface area contributed by atoms with Crippen LogP contribution in [0.5, 0.6) is 5.75 Å². The number of nitrogens with one attached hydrogen (secondary N) is 1. The summed E-state index contributed by atoms with van der Waals surface area (Å²) >= 11 is 0. The average molecular weight is 415 g/mol. The Morgan fingerprint density at radius 3 is 2.32 bits per heavy atom. The number of alkyl halides is 3. The molecule has 0 aliphatic heterocycles. The molecule has 1 N–H and O–H groups in total. The third-order valence-corrected chi connectivity index (χ3v) is 5.02. The molecular formula is C17H13F4N3O3S. The fourth-order valence-corrected chi connectivity index (χ4v) is 3.37. The molecule has 0 spiro atoms. The fraction of sp³-hybridized carbons (Fsp3) is 0.118. The number of aromatic nitrogens is 2. The molecule has 0 unspecified atom stereocenters. The molecule has 0 aliphatic rings. The minimum Gasteiger partial charge on any atom is -0.497 e. The van der Waals surface area contributed by atoms with E-state index in [-0.39, 0.29) is 16.2 Å². The van der Waals surface area contributed by atoms with Crippen molar-refractivity contribution in [3.05, 3.63) is 66.1 Å². The highest BCUT2D eigenvalue weighted by atomic mass is 32.2. The molecule has 0 saturated carbocycles. The molecule has 0 saturated heterocycles. The molecule has 2 aromatic carbocycles. The molecule has 0 radical (unpaired) electrons. The van der Waals surface area contributed by atoms with E-state index >= 15 is 0 Å². The van der Waals surface area contributed by atoms with Crippen LogP contribution in [0.2, 0.25) is 0 Å². The van der Waals surface area contributed by atoms with Crippen molar-refractivity contribution in [3.8, 4) is 17.0 Å². The van der Waals surface area contributed by atoms with Crippen LogP contribution in [0, 0.1) is 5.82 Å². The van der Waals surface area contributed by atoms with E-state index < -0.39 is 33.4 Å². The van der Waals surface area contributed by atoms with Crippen molar-refractivity contribution in [2.24, 2.45) is 0 Å². The summed E-state index contributed by atoms with van der Waals surface area (Å²) in [6.07, 6.45) is -4.86. The molecule has 0 fully saturated rings. The van der Waals surface area contributed by atoms with Crippen LogP contribution >= 0.6 is 0 Å². The third kappa shape index (κ3) is 3.93. The van der Waals surface area contributed by atoms with Gasteiger partial charge in [-0.1, -0.05) is 18.2 Å². The molecule has 0 amide bonds. The van der Waals surface area contributed by atoms with Crippen molar-refractivity contribution < 1.29 is 30.7 Å². The van der Waals surface area contributed by atoms with E-state index in [0.717, 1.165) is 6.07 Å². The second kappa shape index (κ2) is 7.15. The van der Waals surface area contributed by atoms with Crippen LogP contribution in [-0.2, 0) is 16.2 Å². The maximum atomic E-state index is 14.4. The van der Waals surface area contributed by atoms with E-state index in [9.17, 15) is 26.0 Å². The molecule has 148 valence electrons. The largest absolute Gasteiger partial charge is 0.497 e. The second-order valence-electron chi connectivity index (χ2n) is 5.58. The number of sulfonamides is 1. The summed E-state index contributed by atoms with van der Waals surface area (Å²) in [5.74, 6) is -0.763. The maximum absolute atomic E-state index is 14.4. The van der Waals surface area contributed by atoms with E-state index in [1.807, 2.05) is 4.83 Å². The first-order chi connectivity index (χ1) is 13.1. The Morgan fingerprint density at radius 1 is 1.07 bits per heavy atom. The monoisotopic (exact) mass is 415 g/mol. The summed E-state index contributed by atoms with van der Waals surface area (Å²) in [6.45, 7) is 0. The molecule has 11 heteroatoms.